The lowest BCUT2D eigenvalue weighted by Gasteiger charge is -2.26. The van der Waals surface area contributed by atoms with Crippen molar-refractivity contribution in [3.8, 4) is 11.4 Å². The van der Waals surface area contributed by atoms with Crippen molar-refractivity contribution in [2.24, 2.45) is 5.16 Å². The summed E-state index contributed by atoms with van der Waals surface area (Å²) in [4.78, 5) is 36.3. The molecule has 2 aromatic carbocycles. The lowest BCUT2D eigenvalue weighted by Crippen LogP contribution is -2.32. The van der Waals surface area contributed by atoms with Crippen molar-refractivity contribution in [3.63, 3.8) is 0 Å². The SMILES string of the molecule is CCC1(O)CC(=O)OCc2c1cc1n(c2=O)Cc2c-1nc1ccccc1c2/C=N/OCc1ccccc1. The molecular formula is C29H25N3O5. The smallest absolute Gasteiger partial charge is 0.309 e. The Kier molecular flexibility index (Phi) is 5.61. The summed E-state index contributed by atoms with van der Waals surface area (Å²) < 4.78 is 6.90. The zero-order chi connectivity index (χ0) is 25.6. The van der Waals surface area contributed by atoms with E-state index in [1.54, 1.807) is 23.8 Å². The summed E-state index contributed by atoms with van der Waals surface area (Å²) in [5.41, 5.74) is 3.65. The van der Waals surface area contributed by atoms with Crippen LogP contribution in [0.1, 0.15) is 47.6 Å². The number of fused-ring (bicyclic) bond motifs is 5. The van der Waals surface area contributed by atoms with Crippen molar-refractivity contribution < 1.29 is 19.5 Å². The summed E-state index contributed by atoms with van der Waals surface area (Å²) in [7, 11) is 0. The first-order valence-electron chi connectivity index (χ1n) is 12.2. The fourth-order valence-electron chi connectivity index (χ4n) is 5.18. The molecule has 0 radical (unpaired) electrons. The van der Waals surface area contributed by atoms with E-state index in [1.807, 2.05) is 54.6 Å². The summed E-state index contributed by atoms with van der Waals surface area (Å²) in [6, 6.07) is 19.3. The van der Waals surface area contributed by atoms with Crippen molar-refractivity contribution in [2.75, 3.05) is 0 Å². The number of aromatic nitrogens is 2. The number of nitrogens with zero attached hydrogens (tertiary/aromatic N) is 3. The number of aliphatic hydroxyl groups is 1. The Morgan fingerprint density at radius 2 is 1.92 bits per heavy atom. The van der Waals surface area contributed by atoms with Gasteiger partial charge in [0, 0.05) is 16.5 Å². The monoisotopic (exact) mass is 495 g/mol. The second-order valence-corrected chi connectivity index (χ2v) is 9.40. The minimum absolute atomic E-state index is 0.164. The highest BCUT2D eigenvalue weighted by Gasteiger charge is 2.39. The summed E-state index contributed by atoms with van der Waals surface area (Å²) >= 11 is 0. The van der Waals surface area contributed by atoms with Crippen LogP contribution in [0.25, 0.3) is 22.3 Å². The minimum Gasteiger partial charge on any atom is -0.460 e. The van der Waals surface area contributed by atoms with E-state index in [0.29, 0.717) is 29.1 Å². The first kappa shape index (κ1) is 23.1. The molecule has 0 saturated carbocycles. The number of oxime groups is 1. The van der Waals surface area contributed by atoms with Gasteiger partial charge in [-0.15, -0.1) is 0 Å². The Balaban J connectivity index is 1.47. The highest BCUT2D eigenvalue weighted by atomic mass is 16.6. The Labute approximate surface area is 212 Å². The number of para-hydroxylation sites is 1. The van der Waals surface area contributed by atoms with Gasteiger partial charge in [0.05, 0.1) is 41.6 Å². The molecule has 4 aromatic rings. The maximum absolute atomic E-state index is 13.6. The van der Waals surface area contributed by atoms with E-state index in [1.165, 1.54) is 0 Å². The first-order valence-corrected chi connectivity index (χ1v) is 12.2. The predicted molar refractivity (Wildman–Crippen MR) is 138 cm³/mol. The van der Waals surface area contributed by atoms with Crippen molar-refractivity contribution in [3.05, 3.63) is 98.8 Å². The Hall–Kier alpha value is -4.30. The fraction of sp³-hybridized carbons (Fsp3) is 0.241. The third-order valence-corrected chi connectivity index (χ3v) is 7.23. The van der Waals surface area contributed by atoms with Crippen LogP contribution in [0.3, 0.4) is 0 Å². The van der Waals surface area contributed by atoms with E-state index in [0.717, 1.165) is 27.6 Å². The molecule has 0 fully saturated rings. The quantitative estimate of drug-likeness (QED) is 0.224. The Morgan fingerprint density at radius 1 is 1.14 bits per heavy atom. The van der Waals surface area contributed by atoms with E-state index in [9.17, 15) is 14.7 Å². The lowest BCUT2D eigenvalue weighted by atomic mass is 9.85. The standard InChI is InChI=1S/C29H25N3O5/c1-2-29(35)13-26(33)36-17-22-23(29)12-25-27-21(15-32(25)28(22)34)20(19-10-6-7-11-24(19)31-27)14-30-37-16-18-8-4-3-5-9-18/h3-12,14,35H,2,13,15-17H2,1H3/b30-14+. The van der Waals surface area contributed by atoms with E-state index in [-0.39, 0.29) is 31.6 Å². The van der Waals surface area contributed by atoms with E-state index in [4.69, 9.17) is 14.6 Å². The molecule has 0 amide bonds. The molecule has 2 aliphatic rings. The molecule has 1 N–H and O–H groups in total. The average Bonchev–Trinajstić information content (AvgIpc) is 3.22. The van der Waals surface area contributed by atoms with Crippen LogP contribution in [0.2, 0.25) is 0 Å². The minimum atomic E-state index is -1.48. The number of carbonyl (C=O) groups excluding carboxylic acids is 1. The highest BCUT2D eigenvalue weighted by molar-refractivity contribution is 6.02. The van der Waals surface area contributed by atoms with Crippen LogP contribution in [0, 0.1) is 0 Å². The van der Waals surface area contributed by atoms with Gasteiger partial charge in [-0.05, 0) is 29.7 Å². The number of benzene rings is 2. The second kappa shape index (κ2) is 8.97. The molecule has 0 spiro atoms. The Bertz CT molecular complexity index is 1630. The van der Waals surface area contributed by atoms with Gasteiger partial charge in [-0.3, -0.25) is 9.59 Å². The zero-order valence-electron chi connectivity index (χ0n) is 20.3. The van der Waals surface area contributed by atoms with Crippen LogP contribution >= 0.6 is 0 Å². The molecule has 1 unspecified atom stereocenters. The molecule has 2 aliphatic heterocycles. The van der Waals surface area contributed by atoms with E-state index < -0.39 is 11.6 Å². The number of hydrogen-bond donors (Lipinski definition) is 1. The number of rotatable bonds is 5. The van der Waals surface area contributed by atoms with Crippen LogP contribution in [0.15, 0.2) is 70.6 Å². The van der Waals surface area contributed by atoms with Crippen LogP contribution in [0.4, 0.5) is 0 Å². The van der Waals surface area contributed by atoms with Gasteiger partial charge in [0.2, 0.25) is 0 Å². The predicted octanol–water partition coefficient (Wildman–Crippen LogP) is 4.02. The number of ether oxygens (including phenoxy) is 1. The number of hydrogen-bond acceptors (Lipinski definition) is 7. The maximum atomic E-state index is 13.6. The number of cyclic esters (lactones) is 1. The molecule has 6 rings (SSSR count). The van der Waals surface area contributed by atoms with Crippen LogP contribution in [-0.4, -0.2) is 26.8 Å². The first-order chi connectivity index (χ1) is 18.0. The van der Waals surface area contributed by atoms with Gasteiger partial charge in [0.15, 0.2) is 0 Å². The number of pyridine rings is 2. The number of carbonyl (C=O) groups is 1. The third-order valence-electron chi connectivity index (χ3n) is 7.23. The van der Waals surface area contributed by atoms with E-state index in [2.05, 4.69) is 5.16 Å². The van der Waals surface area contributed by atoms with Gasteiger partial charge >= 0.3 is 5.97 Å². The summed E-state index contributed by atoms with van der Waals surface area (Å²) in [6.07, 6.45) is 1.75. The van der Waals surface area contributed by atoms with Crippen molar-refractivity contribution >= 4 is 23.1 Å². The molecule has 4 heterocycles. The summed E-state index contributed by atoms with van der Waals surface area (Å²) in [5.74, 6) is -0.524. The van der Waals surface area contributed by atoms with Crippen molar-refractivity contribution in [1.82, 2.24) is 9.55 Å². The molecule has 8 heteroatoms. The molecule has 0 saturated heterocycles. The Morgan fingerprint density at radius 3 is 2.73 bits per heavy atom. The lowest BCUT2D eigenvalue weighted by molar-refractivity contribution is -0.149. The zero-order valence-corrected chi connectivity index (χ0v) is 20.3. The topological polar surface area (TPSA) is 103 Å². The van der Waals surface area contributed by atoms with E-state index >= 15 is 0 Å². The van der Waals surface area contributed by atoms with Crippen LogP contribution < -0.4 is 5.56 Å². The highest BCUT2D eigenvalue weighted by Crippen LogP contribution is 2.40. The van der Waals surface area contributed by atoms with Crippen LogP contribution in [0.5, 0.6) is 0 Å². The van der Waals surface area contributed by atoms with Gasteiger partial charge in [0.25, 0.3) is 5.56 Å². The van der Waals surface area contributed by atoms with Gasteiger partial charge < -0.3 is 19.2 Å². The fourth-order valence-corrected chi connectivity index (χ4v) is 5.18. The maximum Gasteiger partial charge on any atom is 0.309 e. The van der Waals surface area contributed by atoms with Crippen molar-refractivity contribution in [2.45, 2.75) is 45.1 Å². The van der Waals surface area contributed by atoms with Crippen LogP contribution in [-0.2, 0) is 39.7 Å². The molecule has 8 nitrogen and oxygen atoms in total. The normalized spacial score (nSPS) is 18.3. The third kappa shape index (κ3) is 3.90. The average molecular weight is 496 g/mol. The van der Waals surface area contributed by atoms with Gasteiger partial charge in [-0.2, -0.15) is 0 Å². The summed E-state index contributed by atoms with van der Waals surface area (Å²) in [5, 5.41) is 16.5. The molecule has 37 heavy (non-hydrogen) atoms. The molecule has 2 aromatic heterocycles. The molecule has 0 aliphatic carbocycles. The molecule has 0 bridgehead atoms. The molecule has 1 atom stereocenters. The van der Waals surface area contributed by atoms with Crippen molar-refractivity contribution in [1.29, 1.82) is 0 Å². The van der Waals surface area contributed by atoms with Gasteiger partial charge in [0.1, 0.15) is 18.8 Å². The largest absolute Gasteiger partial charge is 0.460 e. The molecule has 186 valence electrons. The molecular weight excluding hydrogens is 470 g/mol. The van der Waals surface area contributed by atoms with Gasteiger partial charge in [-0.25, -0.2) is 4.98 Å². The second-order valence-electron chi connectivity index (χ2n) is 9.40. The summed E-state index contributed by atoms with van der Waals surface area (Å²) in [6.45, 7) is 2.25. The van der Waals surface area contributed by atoms with Gasteiger partial charge in [-0.1, -0.05) is 60.6 Å². The number of esters is 1.